The van der Waals surface area contributed by atoms with E-state index in [1.165, 1.54) is 24.5 Å². The van der Waals surface area contributed by atoms with Crippen molar-refractivity contribution in [1.29, 1.82) is 0 Å². The molecule has 2 amide bonds. The minimum absolute atomic E-state index is 0.0300. The highest BCUT2D eigenvalue weighted by molar-refractivity contribution is 5.98. The number of allylic oxidation sites excluding steroid dienone is 1. The fraction of sp³-hybridized carbons (Fsp3) is 0.643. The molecule has 8 heteroatoms. The highest BCUT2D eigenvalue weighted by Gasteiger charge is 2.27. The average Bonchev–Trinajstić information content (AvgIpc) is 3.70. The first-order chi connectivity index (χ1) is 17.2. The van der Waals surface area contributed by atoms with Crippen LogP contribution in [-0.4, -0.2) is 30.6 Å². The van der Waals surface area contributed by atoms with E-state index in [1.807, 2.05) is 27.1 Å². The van der Waals surface area contributed by atoms with Gasteiger partial charge >= 0.3 is 0 Å². The van der Waals surface area contributed by atoms with Crippen LogP contribution in [0.15, 0.2) is 30.0 Å². The average molecular weight is 506 g/mol. The molecule has 1 aliphatic carbocycles. The molecule has 0 aromatic heterocycles. The first kappa shape index (κ1) is 29.8. The number of ether oxygens (including phenoxy) is 1. The second-order valence-corrected chi connectivity index (χ2v) is 9.92. The Morgan fingerprint density at radius 2 is 1.94 bits per heavy atom. The normalized spacial score (nSPS) is 18.3. The number of piperidine rings is 1. The quantitative estimate of drug-likeness (QED) is 0.174. The highest BCUT2D eigenvalue weighted by atomic mass is 19.1. The van der Waals surface area contributed by atoms with Gasteiger partial charge in [0.15, 0.2) is 11.6 Å². The summed E-state index contributed by atoms with van der Waals surface area (Å²) in [5, 5.41) is 12.8. The van der Waals surface area contributed by atoms with Crippen LogP contribution in [0.25, 0.3) is 0 Å². The van der Waals surface area contributed by atoms with E-state index in [0.29, 0.717) is 38.2 Å². The van der Waals surface area contributed by atoms with Crippen LogP contribution in [-0.2, 0) is 15.2 Å². The van der Waals surface area contributed by atoms with Gasteiger partial charge in [0, 0.05) is 25.6 Å². The minimum Gasteiger partial charge on any atom is -0.490 e. The van der Waals surface area contributed by atoms with E-state index in [9.17, 15) is 19.1 Å². The molecule has 2 aliphatic rings. The number of amides is 2. The molecule has 1 atom stereocenters. The molecule has 4 N–H and O–H groups in total. The standard InChI is InChI=1S/C15H21FO2.C13H23N3O2/c1-3-15(17,4-2)12-7-8-13(16)14(9-12)18-10-11-5-6-11;1-10(9-15-14-2)5-3-4-6-11-7-8-12(17)16-13(11)18/h7-9,11,17H,3-6,10H2,1-2H3;9,11,14-15H,3-8H2,1-2H3,(H,16,17,18)/b;10-9+. The largest absolute Gasteiger partial charge is 0.490 e. The number of hydrogen-bond donors (Lipinski definition) is 4. The topological polar surface area (TPSA) is 99.7 Å². The predicted octanol–water partition coefficient (Wildman–Crippen LogP) is 4.85. The van der Waals surface area contributed by atoms with Crippen molar-refractivity contribution < 1.29 is 23.8 Å². The van der Waals surface area contributed by atoms with E-state index in [1.54, 1.807) is 12.1 Å². The maximum atomic E-state index is 13.6. The number of carbonyl (C=O) groups is 2. The number of hydrazine groups is 1. The zero-order valence-electron chi connectivity index (χ0n) is 22.3. The highest BCUT2D eigenvalue weighted by Crippen LogP contribution is 2.34. The van der Waals surface area contributed by atoms with E-state index in [-0.39, 0.29) is 29.3 Å². The molecule has 0 radical (unpaired) electrons. The number of rotatable bonds is 13. The van der Waals surface area contributed by atoms with Gasteiger partial charge in [-0.2, -0.15) is 0 Å². The van der Waals surface area contributed by atoms with E-state index in [4.69, 9.17) is 4.74 Å². The van der Waals surface area contributed by atoms with Gasteiger partial charge in [-0.05, 0) is 81.9 Å². The summed E-state index contributed by atoms with van der Waals surface area (Å²) >= 11 is 0. The third-order valence-corrected chi connectivity index (χ3v) is 7.00. The number of nitrogens with one attached hydrogen (secondary N) is 3. The number of unbranched alkanes of at least 4 members (excludes halogenated alkanes) is 1. The van der Waals surface area contributed by atoms with Crippen molar-refractivity contribution in [2.24, 2.45) is 11.8 Å². The summed E-state index contributed by atoms with van der Waals surface area (Å²) in [6.07, 6.45) is 10.7. The molecule has 1 unspecified atom stereocenters. The van der Waals surface area contributed by atoms with Gasteiger partial charge in [-0.25, -0.2) is 9.82 Å². The lowest BCUT2D eigenvalue weighted by Crippen LogP contribution is -2.40. The number of imide groups is 1. The second-order valence-electron chi connectivity index (χ2n) is 9.92. The van der Waals surface area contributed by atoms with Gasteiger partial charge in [-0.15, -0.1) is 0 Å². The van der Waals surface area contributed by atoms with Crippen LogP contribution in [0.1, 0.15) is 90.5 Å². The van der Waals surface area contributed by atoms with Crippen molar-refractivity contribution in [3.63, 3.8) is 0 Å². The van der Waals surface area contributed by atoms with E-state index in [2.05, 4.69) is 23.1 Å². The fourth-order valence-electron chi connectivity index (χ4n) is 4.13. The minimum atomic E-state index is -0.884. The number of carbonyl (C=O) groups excluding carboxylic acids is 2. The molecular weight excluding hydrogens is 461 g/mol. The van der Waals surface area contributed by atoms with Crippen molar-refractivity contribution in [3.05, 3.63) is 41.4 Å². The molecule has 1 aliphatic heterocycles. The Hall–Kier alpha value is -2.45. The Labute approximate surface area is 215 Å². The van der Waals surface area contributed by atoms with E-state index in [0.717, 1.165) is 31.2 Å². The summed E-state index contributed by atoms with van der Waals surface area (Å²) in [5.41, 5.74) is 6.91. The maximum Gasteiger partial charge on any atom is 0.229 e. The molecule has 202 valence electrons. The number of hydrogen-bond acceptors (Lipinski definition) is 6. The van der Waals surface area contributed by atoms with Crippen molar-refractivity contribution in [1.82, 2.24) is 16.2 Å². The molecule has 3 rings (SSSR count). The predicted molar refractivity (Wildman–Crippen MR) is 139 cm³/mol. The SMILES string of the molecule is CCC(O)(CC)c1ccc(F)c(OCC2CC2)c1.CNN/C=C(\C)CCCCC1CCC(=O)NC1=O. The molecule has 1 saturated carbocycles. The van der Waals surface area contributed by atoms with Gasteiger partial charge in [0.1, 0.15) is 0 Å². The summed E-state index contributed by atoms with van der Waals surface area (Å²) in [6, 6.07) is 4.67. The van der Waals surface area contributed by atoms with Crippen LogP contribution in [0.3, 0.4) is 0 Å². The Balaban J connectivity index is 0.000000254. The van der Waals surface area contributed by atoms with Gasteiger partial charge < -0.3 is 15.3 Å². The Bertz CT molecular complexity index is 882. The third kappa shape index (κ3) is 9.90. The molecule has 1 aromatic rings. The van der Waals surface area contributed by atoms with Crippen LogP contribution in [0.2, 0.25) is 0 Å². The lowest BCUT2D eigenvalue weighted by atomic mass is 9.88. The zero-order chi connectivity index (χ0) is 26.6. The van der Waals surface area contributed by atoms with Gasteiger partial charge in [0.25, 0.3) is 0 Å². The molecule has 1 aromatic carbocycles. The van der Waals surface area contributed by atoms with Crippen molar-refractivity contribution in [2.45, 2.75) is 90.6 Å². The molecule has 0 spiro atoms. The fourth-order valence-corrected chi connectivity index (χ4v) is 4.13. The number of benzene rings is 1. The van der Waals surface area contributed by atoms with Crippen LogP contribution < -0.4 is 20.9 Å². The Kier molecular flexibility index (Phi) is 12.4. The summed E-state index contributed by atoms with van der Waals surface area (Å²) in [6.45, 7) is 6.52. The van der Waals surface area contributed by atoms with Crippen LogP contribution in [0.4, 0.5) is 4.39 Å². The Morgan fingerprint density at radius 1 is 1.22 bits per heavy atom. The third-order valence-electron chi connectivity index (χ3n) is 7.00. The molecule has 1 heterocycles. The van der Waals surface area contributed by atoms with Crippen LogP contribution in [0, 0.1) is 17.7 Å². The number of halogens is 1. The van der Waals surface area contributed by atoms with Gasteiger partial charge in [-0.1, -0.05) is 31.9 Å². The molecule has 2 fully saturated rings. The van der Waals surface area contributed by atoms with Crippen LogP contribution in [0.5, 0.6) is 5.75 Å². The van der Waals surface area contributed by atoms with Crippen molar-refractivity contribution in [3.8, 4) is 5.75 Å². The van der Waals surface area contributed by atoms with E-state index >= 15 is 0 Å². The van der Waals surface area contributed by atoms with Crippen LogP contribution >= 0.6 is 0 Å². The summed E-state index contributed by atoms with van der Waals surface area (Å²) in [7, 11) is 1.83. The summed E-state index contributed by atoms with van der Waals surface area (Å²) < 4.78 is 19.1. The lowest BCUT2D eigenvalue weighted by Gasteiger charge is -2.26. The maximum absolute atomic E-state index is 13.6. The van der Waals surface area contributed by atoms with Gasteiger partial charge in [0.2, 0.25) is 11.8 Å². The van der Waals surface area contributed by atoms with Crippen molar-refractivity contribution >= 4 is 11.8 Å². The summed E-state index contributed by atoms with van der Waals surface area (Å²) in [4.78, 5) is 22.5. The van der Waals surface area contributed by atoms with Crippen molar-refractivity contribution in [2.75, 3.05) is 13.7 Å². The summed E-state index contributed by atoms with van der Waals surface area (Å²) in [5.74, 6) is 0.309. The van der Waals surface area contributed by atoms with E-state index < -0.39 is 5.60 Å². The second kappa shape index (κ2) is 15.0. The first-order valence-electron chi connectivity index (χ1n) is 13.3. The van der Waals surface area contributed by atoms with Gasteiger partial charge in [0.05, 0.1) is 12.2 Å². The monoisotopic (exact) mass is 505 g/mol. The molecule has 7 nitrogen and oxygen atoms in total. The lowest BCUT2D eigenvalue weighted by molar-refractivity contribution is -0.136. The smallest absolute Gasteiger partial charge is 0.229 e. The first-order valence-corrected chi connectivity index (χ1v) is 13.3. The molecular formula is C28H44FN3O4. The van der Waals surface area contributed by atoms with Gasteiger partial charge in [-0.3, -0.25) is 14.9 Å². The number of aliphatic hydroxyl groups is 1. The molecule has 1 saturated heterocycles. The molecule has 0 bridgehead atoms. The Morgan fingerprint density at radius 3 is 2.56 bits per heavy atom. The molecule has 36 heavy (non-hydrogen) atoms. The zero-order valence-corrected chi connectivity index (χ0v) is 22.3.